The van der Waals surface area contributed by atoms with Crippen molar-refractivity contribution in [2.45, 2.75) is 84.0 Å². The standard InChI is InChI=1S/C18H33NO2/c1-17(2)13-8-9-18(17,3)16(10-13)21-12-15(20)11-19-14-6-4-5-7-14/h13-16,19-20H,4-12H2,1-3H3/t13-,15+,16+,18+/m0/s1. The molecule has 3 fully saturated rings. The summed E-state index contributed by atoms with van der Waals surface area (Å²) < 4.78 is 6.16. The lowest BCUT2D eigenvalue weighted by Crippen LogP contribution is -2.41. The van der Waals surface area contributed by atoms with Crippen LogP contribution < -0.4 is 5.32 Å². The van der Waals surface area contributed by atoms with E-state index in [1.54, 1.807) is 0 Å². The molecule has 0 heterocycles. The van der Waals surface area contributed by atoms with Gasteiger partial charge in [-0.1, -0.05) is 33.6 Å². The third-order valence-corrected chi connectivity index (χ3v) is 7.20. The Bertz CT molecular complexity index is 364. The SMILES string of the molecule is CC1(C)[C@H]2CC[C@]1(C)[C@H](OC[C@H](O)CNC1CCCC1)C2. The minimum absolute atomic E-state index is 0.302. The lowest BCUT2D eigenvalue weighted by molar-refractivity contribution is -0.0744. The second-order valence-electron chi connectivity index (χ2n) is 8.48. The fraction of sp³-hybridized carbons (Fsp3) is 1.00. The van der Waals surface area contributed by atoms with Gasteiger partial charge in [0.05, 0.1) is 18.8 Å². The lowest BCUT2D eigenvalue weighted by Gasteiger charge is -2.39. The molecule has 0 radical (unpaired) electrons. The second-order valence-corrected chi connectivity index (χ2v) is 8.48. The number of ether oxygens (including phenoxy) is 1. The molecule has 4 atom stereocenters. The molecule has 21 heavy (non-hydrogen) atoms. The van der Waals surface area contributed by atoms with E-state index in [0.29, 0.717) is 36.1 Å². The molecule has 0 unspecified atom stereocenters. The van der Waals surface area contributed by atoms with Crippen molar-refractivity contribution in [2.24, 2.45) is 16.7 Å². The number of fused-ring (bicyclic) bond motifs is 2. The molecule has 0 saturated heterocycles. The van der Waals surface area contributed by atoms with Gasteiger partial charge in [0.2, 0.25) is 0 Å². The van der Waals surface area contributed by atoms with Crippen LogP contribution in [-0.2, 0) is 4.74 Å². The molecule has 0 aromatic rings. The van der Waals surface area contributed by atoms with E-state index >= 15 is 0 Å². The van der Waals surface area contributed by atoms with Crippen LogP contribution in [0.25, 0.3) is 0 Å². The highest BCUT2D eigenvalue weighted by atomic mass is 16.5. The van der Waals surface area contributed by atoms with Crippen molar-refractivity contribution >= 4 is 0 Å². The summed E-state index contributed by atoms with van der Waals surface area (Å²) in [4.78, 5) is 0. The number of aliphatic hydroxyl groups is 1. The summed E-state index contributed by atoms with van der Waals surface area (Å²) in [6, 6.07) is 0.624. The number of aliphatic hydroxyl groups excluding tert-OH is 1. The molecule has 0 amide bonds. The summed E-state index contributed by atoms with van der Waals surface area (Å²) in [6.45, 7) is 8.38. The van der Waals surface area contributed by atoms with Crippen molar-refractivity contribution in [3.8, 4) is 0 Å². The zero-order valence-electron chi connectivity index (χ0n) is 14.0. The molecule has 3 rings (SSSR count). The molecule has 2 N–H and O–H groups in total. The molecule has 0 aromatic carbocycles. The van der Waals surface area contributed by atoms with Gasteiger partial charge < -0.3 is 15.2 Å². The van der Waals surface area contributed by atoms with Gasteiger partial charge in [-0.25, -0.2) is 0 Å². The molecule has 2 bridgehead atoms. The van der Waals surface area contributed by atoms with Crippen LogP contribution in [0.1, 0.15) is 65.7 Å². The van der Waals surface area contributed by atoms with Gasteiger partial charge in [-0.3, -0.25) is 0 Å². The number of hydrogen-bond acceptors (Lipinski definition) is 3. The van der Waals surface area contributed by atoms with Crippen molar-refractivity contribution in [1.82, 2.24) is 5.32 Å². The Kier molecular flexibility index (Phi) is 4.37. The first-order chi connectivity index (χ1) is 9.93. The van der Waals surface area contributed by atoms with Gasteiger partial charge in [0.25, 0.3) is 0 Å². The van der Waals surface area contributed by atoms with Gasteiger partial charge in [-0.2, -0.15) is 0 Å². The van der Waals surface area contributed by atoms with Crippen molar-refractivity contribution in [3.63, 3.8) is 0 Å². The highest BCUT2D eigenvalue weighted by Crippen LogP contribution is 2.66. The van der Waals surface area contributed by atoms with E-state index in [1.807, 2.05) is 0 Å². The minimum atomic E-state index is -0.364. The normalized spacial score (nSPS) is 40.0. The molecular weight excluding hydrogens is 262 g/mol. The van der Waals surface area contributed by atoms with Crippen molar-refractivity contribution in [3.05, 3.63) is 0 Å². The third kappa shape index (κ3) is 2.77. The van der Waals surface area contributed by atoms with E-state index < -0.39 is 0 Å². The topological polar surface area (TPSA) is 41.5 Å². The number of nitrogens with one attached hydrogen (secondary N) is 1. The summed E-state index contributed by atoms with van der Waals surface area (Å²) in [5.74, 6) is 0.807. The molecule has 3 nitrogen and oxygen atoms in total. The van der Waals surface area contributed by atoms with Crippen LogP contribution in [0, 0.1) is 16.7 Å². The fourth-order valence-electron chi connectivity index (χ4n) is 5.10. The minimum Gasteiger partial charge on any atom is -0.389 e. The van der Waals surface area contributed by atoms with Gasteiger partial charge in [-0.15, -0.1) is 0 Å². The molecule has 3 aliphatic rings. The fourth-order valence-corrected chi connectivity index (χ4v) is 5.10. The van der Waals surface area contributed by atoms with E-state index in [-0.39, 0.29) is 6.10 Å². The zero-order chi connectivity index (χ0) is 15.1. The molecule has 122 valence electrons. The molecule has 3 aliphatic carbocycles. The van der Waals surface area contributed by atoms with Crippen LogP contribution in [0.3, 0.4) is 0 Å². The quantitative estimate of drug-likeness (QED) is 0.791. The maximum Gasteiger partial charge on any atom is 0.0897 e. The maximum atomic E-state index is 10.2. The van der Waals surface area contributed by atoms with Gasteiger partial charge >= 0.3 is 0 Å². The molecular formula is C18H33NO2. The Morgan fingerprint density at radius 2 is 1.90 bits per heavy atom. The van der Waals surface area contributed by atoms with Crippen LogP contribution >= 0.6 is 0 Å². The van der Waals surface area contributed by atoms with Crippen molar-refractivity contribution in [1.29, 1.82) is 0 Å². The Morgan fingerprint density at radius 1 is 1.19 bits per heavy atom. The number of hydrogen-bond donors (Lipinski definition) is 2. The van der Waals surface area contributed by atoms with E-state index in [4.69, 9.17) is 4.74 Å². The Hall–Kier alpha value is -0.120. The average Bonchev–Trinajstić information content (AvgIpc) is 3.08. The second kappa shape index (κ2) is 5.82. The first-order valence-electron chi connectivity index (χ1n) is 8.96. The zero-order valence-corrected chi connectivity index (χ0v) is 14.0. The summed E-state index contributed by atoms with van der Waals surface area (Å²) in [6.07, 6.45) is 9.01. The van der Waals surface area contributed by atoms with Crippen LogP contribution in [0.2, 0.25) is 0 Å². The summed E-state index contributed by atoms with van der Waals surface area (Å²) >= 11 is 0. The molecule has 0 aromatic heterocycles. The third-order valence-electron chi connectivity index (χ3n) is 7.20. The van der Waals surface area contributed by atoms with Gasteiger partial charge in [-0.05, 0) is 48.9 Å². The van der Waals surface area contributed by atoms with Gasteiger partial charge in [0.1, 0.15) is 0 Å². The first-order valence-corrected chi connectivity index (χ1v) is 8.96. The highest BCUT2D eigenvalue weighted by Gasteiger charge is 2.61. The predicted octanol–water partition coefficient (Wildman–Crippen LogP) is 3.11. The van der Waals surface area contributed by atoms with E-state index in [0.717, 1.165) is 5.92 Å². The highest BCUT2D eigenvalue weighted by molar-refractivity contribution is 5.11. The molecule has 0 aliphatic heterocycles. The van der Waals surface area contributed by atoms with Crippen LogP contribution in [0.4, 0.5) is 0 Å². The maximum absolute atomic E-state index is 10.2. The van der Waals surface area contributed by atoms with Crippen molar-refractivity contribution < 1.29 is 9.84 Å². The Morgan fingerprint density at radius 3 is 2.48 bits per heavy atom. The van der Waals surface area contributed by atoms with Crippen LogP contribution in [-0.4, -0.2) is 36.5 Å². The average molecular weight is 295 g/mol. The van der Waals surface area contributed by atoms with E-state index in [1.165, 1.54) is 44.9 Å². The molecule has 0 spiro atoms. The largest absolute Gasteiger partial charge is 0.389 e. The smallest absolute Gasteiger partial charge is 0.0897 e. The first kappa shape index (κ1) is 15.8. The van der Waals surface area contributed by atoms with E-state index in [9.17, 15) is 5.11 Å². The number of rotatable bonds is 6. The molecule has 3 heteroatoms. The Labute approximate surface area is 129 Å². The van der Waals surface area contributed by atoms with Gasteiger partial charge in [0, 0.05) is 12.6 Å². The predicted molar refractivity (Wildman–Crippen MR) is 85.2 cm³/mol. The summed E-state index contributed by atoms with van der Waals surface area (Å²) in [7, 11) is 0. The molecule has 3 saturated carbocycles. The summed E-state index contributed by atoms with van der Waals surface area (Å²) in [5.41, 5.74) is 0.695. The summed E-state index contributed by atoms with van der Waals surface area (Å²) in [5, 5.41) is 13.7. The van der Waals surface area contributed by atoms with Crippen molar-refractivity contribution in [2.75, 3.05) is 13.2 Å². The van der Waals surface area contributed by atoms with Crippen LogP contribution in [0.5, 0.6) is 0 Å². The lowest BCUT2D eigenvalue weighted by atomic mass is 9.70. The monoisotopic (exact) mass is 295 g/mol. The van der Waals surface area contributed by atoms with E-state index in [2.05, 4.69) is 26.1 Å². The van der Waals surface area contributed by atoms with Gasteiger partial charge in [0.15, 0.2) is 0 Å². The Balaban J connectivity index is 1.43. The van der Waals surface area contributed by atoms with Crippen LogP contribution in [0.15, 0.2) is 0 Å².